The lowest BCUT2D eigenvalue weighted by molar-refractivity contribution is -0.136. The second kappa shape index (κ2) is 8.07. The SMILES string of the molecule is Cc1cc(C(=O)O)cc(C(=O)O)c1.O=C1CCCCCC1=O. The van der Waals surface area contributed by atoms with E-state index in [9.17, 15) is 19.2 Å². The zero-order valence-corrected chi connectivity index (χ0v) is 12.3. The highest BCUT2D eigenvalue weighted by atomic mass is 16.4. The highest BCUT2D eigenvalue weighted by Crippen LogP contribution is 2.11. The Morgan fingerprint density at radius 3 is 1.59 bits per heavy atom. The van der Waals surface area contributed by atoms with Gasteiger partial charge in [0.1, 0.15) is 0 Å². The molecule has 1 aromatic rings. The fourth-order valence-electron chi connectivity index (χ4n) is 2.06. The van der Waals surface area contributed by atoms with Crippen LogP contribution in [0.5, 0.6) is 0 Å². The molecular weight excluding hydrogens is 288 g/mol. The number of carbonyl (C=O) groups excluding carboxylic acids is 2. The molecule has 2 N–H and O–H groups in total. The fraction of sp³-hybridized carbons (Fsp3) is 0.375. The summed E-state index contributed by atoms with van der Waals surface area (Å²) in [4.78, 5) is 42.4. The summed E-state index contributed by atoms with van der Waals surface area (Å²) in [5, 5.41) is 17.2. The second-order valence-electron chi connectivity index (χ2n) is 5.11. The molecule has 0 atom stereocenters. The Morgan fingerprint density at radius 1 is 0.818 bits per heavy atom. The van der Waals surface area contributed by atoms with E-state index in [1.807, 2.05) is 0 Å². The molecule has 6 heteroatoms. The van der Waals surface area contributed by atoms with Crippen molar-refractivity contribution >= 4 is 23.5 Å². The highest BCUT2D eigenvalue weighted by Gasteiger charge is 2.15. The number of carboxylic acids is 2. The standard InChI is InChI=1S/C9H8O4.C7H10O2/c1-5-2-6(8(10)11)4-7(3-5)9(12)13;8-6-4-2-1-3-5-7(6)9/h2-4H,1H3,(H,10,11)(H,12,13);1-5H2. The molecule has 0 amide bonds. The monoisotopic (exact) mass is 306 g/mol. The van der Waals surface area contributed by atoms with E-state index in [2.05, 4.69) is 0 Å². The van der Waals surface area contributed by atoms with Gasteiger partial charge in [-0.3, -0.25) is 9.59 Å². The number of carboxylic acid groups (broad SMARTS) is 2. The van der Waals surface area contributed by atoms with E-state index in [4.69, 9.17) is 10.2 Å². The molecule has 118 valence electrons. The smallest absolute Gasteiger partial charge is 0.335 e. The average molecular weight is 306 g/mol. The molecule has 0 aromatic heterocycles. The van der Waals surface area contributed by atoms with Crippen molar-refractivity contribution in [3.05, 3.63) is 34.9 Å². The number of ketones is 2. The minimum absolute atomic E-state index is 0.00241. The second-order valence-corrected chi connectivity index (χ2v) is 5.11. The topological polar surface area (TPSA) is 109 Å². The minimum Gasteiger partial charge on any atom is -0.478 e. The maximum atomic E-state index is 10.7. The summed E-state index contributed by atoms with van der Waals surface area (Å²) in [5.74, 6) is -2.56. The van der Waals surface area contributed by atoms with Crippen LogP contribution in [0.25, 0.3) is 0 Å². The number of hydrogen-bond donors (Lipinski definition) is 2. The van der Waals surface area contributed by atoms with Crippen LogP contribution in [0.15, 0.2) is 18.2 Å². The van der Waals surface area contributed by atoms with Crippen LogP contribution >= 0.6 is 0 Å². The van der Waals surface area contributed by atoms with Gasteiger partial charge in [0.2, 0.25) is 0 Å². The Balaban J connectivity index is 0.000000235. The summed E-state index contributed by atoms with van der Waals surface area (Å²) >= 11 is 0. The first kappa shape index (κ1) is 17.6. The lowest BCUT2D eigenvalue weighted by Crippen LogP contribution is -2.09. The molecule has 1 fully saturated rings. The van der Waals surface area contributed by atoms with E-state index in [-0.39, 0.29) is 22.7 Å². The van der Waals surface area contributed by atoms with Gasteiger partial charge in [-0.25, -0.2) is 9.59 Å². The zero-order valence-electron chi connectivity index (χ0n) is 12.3. The van der Waals surface area contributed by atoms with Gasteiger partial charge in [0, 0.05) is 12.8 Å². The first-order valence-electron chi connectivity index (χ1n) is 6.95. The molecule has 0 saturated heterocycles. The predicted octanol–water partition coefficient (Wildman–Crippen LogP) is 2.48. The van der Waals surface area contributed by atoms with Crippen molar-refractivity contribution in [3.63, 3.8) is 0 Å². The maximum Gasteiger partial charge on any atom is 0.335 e. The third-order valence-electron chi connectivity index (χ3n) is 3.19. The van der Waals surface area contributed by atoms with Crippen molar-refractivity contribution in [2.75, 3.05) is 0 Å². The van der Waals surface area contributed by atoms with Crippen LogP contribution in [-0.2, 0) is 9.59 Å². The zero-order chi connectivity index (χ0) is 16.7. The largest absolute Gasteiger partial charge is 0.478 e. The van der Waals surface area contributed by atoms with Crippen molar-refractivity contribution in [2.24, 2.45) is 0 Å². The van der Waals surface area contributed by atoms with Crippen LogP contribution < -0.4 is 0 Å². The first-order valence-corrected chi connectivity index (χ1v) is 6.95. The quantitative estimate of drug-likeness (QED) is 0.641. The lowest BCUT2D eigenvalue weighted by Gasteiger charge is -1.99. The summed E-state index contributed by atoms with van der Waals surface area (Å²) in [6.45, 7) is 1.65. The molecule has 0 aliphatic heterocycles. The molecule has 0 radical (unpaired) electrons. The molecule has 1 aliphatic carbocycles. The van der Waals surface area contributed by atoms with E-state index < -0.39 is 11.9 Å². The van der Waals surface area contributed by atoms with E-state index in [1.165, 1.54) is 12.1 Å². The van der Waals surface area contributed by atoms with Crippen LogP contribution in [0.4, 0.5) is 0 Å². The van der Waals surface area contributed by atoms with E-state index >= 15 is 0 Å². The van der Waals surface area contributed by atoms with Gasteiger partial charge in [-0.2, -0.15) is 0 Å². The number of benzene rings is 1. The van der Waals surface area contributed by atoms with Gasteiger partial charge in [-0.1, -0.05) is 6.42 Å². The van der Waals surface area contributed by atoms with Crippen molar-refractivity contribution in [3.8, 4) is 0 Å². The van der Waals surface area contributed by atoms with E-state index in [0.717, 1.165) is 25.3 Å². The molecule has 6 nitrogen and oxygen atoms in total. The van der Waals surface area contributed by atoms with Crippen molar-refractivity contribution < 1.29 is 29.4 Å². The van der Waals surface area contributed by atoms with Gasteiger partial charge in [-0.15, -0.1) is 0 Å². The Kier molecular flexibility index (Phi) is 6.44. The summed E-state index contributed by atoms with van der Waals surface area (Å²) in [7, 11) is 0. The van der Waals surface area contributed by atoms with Gasteiger partial charge in [-0.05, 0) is 43.5 Å². The molecule has 1 aliphatic rings. The van der Waals surface area contributed by atoms with Gasteiger partial charge in [0.15, 0.2) is 11.6 Å². The Labute approximate surface area is 127 Å². The van der Waals surface area contributed by atoms with Crippen LogP contribution in [0, 0.1) is 6.92 Å². The Bertz CT molecular complexity index is 554. The maximum absolute atomic E-state index is 10.7. The highest BCUT2D eigenvalue weighted by molar-refractivity contribution is 6.37. The van der Waals surface area contributed by atoms with Crippen LogP contribution in [0.1, 0.15) is 58.4 Å². The fourth-order valence-corrected chi connectivity index (χ4v) is 2.06. The number of aryl methyl sites for hydroxylation is 1. The molecule has 0 unspecified atom stereocenters. The van der Waals surface area contributed by atoms with Gasteiger partial charge >= 0.3 is 11.9 Å². The molecule has 0 heterocycles. The summed E-state index contributed by atoms with van der Waals surface area (Å²) in [6.07, 6.45) is 3.82. The van der Waals surface area contributed by atoms with Crippen LogP contribution in [0.3, 0.4) is 0 Å². The lowest BCUT2D eigenvalue weighted by atomic mass is 10.1. The molecule has 1 saturated carbocycles. The first-order chi connectivity index (χ1) is 10.3. The van der Waals surface area contributed by atoms with Crippen molar-refractivity contribution in [2.45, 2.75) is 39.0 Å². The molecule has 0 bridgehead atoms. The van der Waals surface area contributed by atoms with Crippen LogP contribution in [-0.4, -0.2) is 33.7 Å². The van der Waals surface area contributed by atoms with Crippen LogP contribution in [0.2, 0.25) is 0 Å². The summed E-state index contributed by atoms with van der Waals surface area (Å²) in [5.41, 5.74) is 0.618. The Hall–Kier alpha value is -2.50. The van der Waals surface area contributed by atoms with E-state index in [0.29, 0.717) is 18.4 Å². The molecule has 2 rings (SSSR count). The predicted molar refractivity (Wildman–Crippen MR) is 78.2 cm³/mol. The number of aromatic carboxylic acids is 2. The number of Topliss-reactive ketones (excluding diaryl/α,β-unsaturated/α-hetero) is 2. The normalized spacial score (nSPS) is 14.6. The Morgan fingerprint density at radius 2 is 1.23 bits per heavy atom. The van der Waals surface area contributed by atoms with E-state index in [1.54, 1.807) is 6.92 Å². The minimum atomic E-state index is -1.12. The number of rotatable bonds is 2. The van der Waals surface area contributed by atoms with Crippen molar-refractivity contribution in [1.29, 1.82) is 0 Å². The van der Waals surface area contributed by atoms with Gasteiger partial charge < -0.3 is 10.2 Å². The molecule has 22 heavy (non-hydrogen) atoms. The third-order valence-corrected chi connectivity index (χ3v) is 3.19. The number of carbonyl (C=O) groups is 4. The average Bonchev–Trinajstić information content (AvgIpc) is 2.64. The third kappa shape index (κ3) is 5.47. The molecule has 1 aromatic carbocycles. The summed E-state index contributed by atoms with van der Waals surface area (Å²) in [6, 6.07) is 3.99. The van der Waals surface area contributed by atoms with Crippen molar-refractivity contribution in [1.82, 2.24) is 0 Å². The number of hydrogen-bond acceptors (Lipinski definition) is 4. The van der Waals surface area contributed by atoms with Gasteiger partial charge in [0.05, 0.1) is 11.1 Å². The summed E-state index contributed by atoms with van der Waals surface area (Å²) < 4.78 is 0. The molecule has 0 spiro atoms. The van der Waals surface area contributed by atoms with Gasteiger partial charge in [0.25, 0.3) is 0 Å². The molecular formula is C16H18O6.